The Morgan fingerprint density at radius 3 is 1.93 bits per heavy atom. The summed E-state index contributed by atoms with van der Waals surface area (Å²) in [5, 5.41) is 59.5. The number of benzene rings is 3. The largest absolute Gasteiger partial charge is 0.481 e. The Bertz CT molecular complexity index is 2490. The van der Waals surface area contributed by atoms with E-state index in [1.807, 2.05) is 0 Å². The number of aromatic amines is 1. The lowest BCUT2D eigenvalue weighted by Crippen LogP contribution is -2.26. The first-order chi connectivity index (χ1) is 21.3. The molecule has 45 heavy (non-hydrogen) atoms. The molecule has 3 aromatic carbocycles. The summed E-state index contributed by atoms with van der Waals surface area (Å²) >= 11 is 0. The zero-order chi connectivity index (χ0) is 32.2. The van der Waals surface area contributed by atoms with Crippen LogP contribution in [0.1, 0.15) is 52.7 Å². The molecule has 1 unspecified atom stereocenters. The van der Waals surface area contributed by atoms with Crippen molar-refractivity contribution < 1.29 is 59.4 Å². The molecule has 0 radical (unpaired) electrons. The normalized spacial score (nSPS) is 15.0. The van der Waals surface area contributed by atoms with Crippen LogP contribution in [0.25, 0.3) is 28.1 Å². The number of carbonyl (C=O) groups is 6. The van der Waals surface area contributed by atoms with Crippen LogP contribution in [0.4, 0.5) is 11.4 Å². The highest BCUT2D eigenvalue weighted by Gasteiger charge is 2.37. The summed E-state index contributed by atoms with van der Waals surface area (Å²) in [4.78, 5) is 84.4. The summed E-state index contributed by atoms with van der Waals surface area (Å²) in [6.45, 7) is 0. The fourth-order valence-corrected chi connectivity index (χ4v) is 6.28. The second kappa shape index (κ2) is 8.93. The molecule has 0 amide bonds. The number of H-pyrrole nitrogens is 1. The van der Waals surface area contributed by atoms with Gasteiger partial charge < -0.3 is 35.6 Å². The topological polar surface area (TPSA) is 264 Å². The average Bonchev–Trinajstić information content (AvgIpc) is 3.64. The molecule has 0 saturated heterocycles. The van der Waals surface area contributed by atoms with Crippen molar-refractivity contribution in [3.8, 4) is 11.1 Å². The summed E-state index contributed by atoms with van der Waals surface area (Å²) in [7, 11) is 0. The van der Waals surface area contributed by atoms with Crippen molar-refractivity contribution in [1.82, 2.24) is 4.98 Å². The summed E-state index contributed by atoms with van der Waals surface area (Å²) in [5.41, 5.74) is -1.09. The predicted molar refractivity (Wildman–Crippen MR) is 148 cm³/mol. The van der Waals surface area contributed by atoms with Gasteiger partial charge in [0.05, 0.1) is 61.4 Å². The van der Waals surface area contributed by atoms with Gasteiger partial charge in [0.25, 0.3) is 0 Å². The molecule has 0 saturated carbocycles. The van der Waals surface area contributed by atoms with Crippen LogP contribution < -0.4 is 10.7 Å². The third-order valence-electron chi connectivity index (χ3n) is 8.16. The van der Waals surface area contributed by atoms with Crippen LogP contribution in [0.2, 0.25) is 0 Å². The van der Waals surface area contributed by atoms with Crippen LogP contribution >= 0.6 is 0 Å². The highest BCUT2D eigenvalue weighted by molar-refractivity contribution is 6.12. The molecule has 1 aliphatic carbocycles. The van der Waals surface area contributed by atoms with Gasteiger partial charge in [-0.15, -0.1) is 0 Å². The minimum atomic E-state index is -1.54. The molecule has 1 aromatic heterocycles. The number of fused-ring (bicyclic) bond motifs is 11. The number of aliphatic carboxylic acids is 2. The van der Waals surface area contributed by atoms with E-state index in [9.17, 15) is 59.4 Å². The number of hydrogen-bond donors (Lipinski definition) is 7. The quantitative estimate of drug-likeness (QED) is 0.143. The highest BCUT2D eigenvalue weighted by atomic mass is 16.4. The first-order valence-corrected chi connectivity index (χ1v) is 12.9. The van der Waals surface area contributed by atoms with E-state index in [0.29, 0.717) is 10.9 Å². The van der Waals surface area contributed by atoms with E-state index < -0.39 is 69.6 Å². The van der Waals surface area contributed by atoms with Crippen molar-refractivity contribution in [3.63, 3.8) is 0 Å². The molecule has 0 fully saturated rings. The van der Waals surface area contributed by atoms with E-state index in [-0.39, 0.29) is 61.3 Å². The SMILES string of the molecule is O=C(O)C1=Cc2[nH]c3c4c(c5c(c3c2CC1C(=O)O)-c1cc(C(=O)O)c(C(=O)O)cc1N=5)=c1cc(C(=O)O)c(C(=O)O)cc1=N4. The standard InChI is InChI=1S/C30H15N3O12/c34-25(35)7-1-13-16(4-10(7)28(40)41)31-22-19(13)20-14-2-8(26(36)37)11(29(42)43)5-17(14)32-23(20)24-21(22)15-3-9(27(38)39)12(30(44)45)6-18(15)33-24/h1,3-6,8,32H,2H2,(H,34,35)(H,36,37)(H,38,39)(H,40,41)(H,42,43)(H,44,45). The molecule has 7 N–H and O–H groups in total. The molecule has 7 rings (SSSR count). The molecule has 0 spiro atoms. The Morgan fingerprint density at radius 2 is 1.33 bits per heavy atom. The maximum Gasteiger partial charge on any atom is 0.336 e. The lowest BCUT2D eigenvalue weighted by Gasteiger charge is -2.19. The molecular formula is C30H15N3O12. The lowest BCUT2D eigenvalue weighted by molar-refractivity contribution is -0.143. The van der Waals surface area contributed by atoms with E-state index in [2.05, 4.69) is 15.0 Å². The van der Waals surface area contributed by atoms with Gasteiger partial charge in [-0.05, 0) is 42.3 Å². The number of nitrogens with one attached hydrogen (secondary N) is 1. The van der Waals surface area contributed by atoms with Gasteiger partial charge in [-0.3, -0.25) is 4.79 Å². The number of rotatable bonds is 6. The maximum absolute atomic E-state index is 12.1. The second-order valence-electron chi connectivity index (χ2n) is 10.5. The van der Waals surface area contributed by atoms with E-state index in [1.54, 1.807) is 0 Å². The van der Waals surface area contributed by atoms with Gasteiger partial charge in [-0.1, -0.05) is 0 Å². The molecule has 1 atom stereocenters. The fourth-order valence-electron chi connectivity index (χ4n) is 6.28. The minimum Gasteiger partial charge on any atom is -0.481 e. The van der Waals surface area contributed by atoms with Crippen LogP contribution in [-0.2, 0) is 16.0 Å². The van der Waals surface area contributed by atoms with E-state index >= 15 is 0 Å². The lowest BCUT2D eigenvalue weighted by atomic mass is 9.83. The number of aromatic carboxylic acids is 4. The summed E-state index contributed by atoms with van der Waals surface area (Å²) in [6, 6.07) is 4.40. The van der Waals surface area contributed by atoms with Crippen LogP contribution in [0.3, 0.4) is 0 Å². The monoisotopic (exact) mass is 609 g/mol. The number of aromatic nitrogens is 1. The molecule has 0 bridgehead atoms. The Kier molecular flexibility index (Phi) is 5.40. The Hall–Kier alpha value is -6.64. The fraction of sp³-hybridized carbons (Fsp3) is 0.0667. The molecule has 222 valence electrons. The molecule has 2 aliphatic heterocycles. The average molecular weight is 609 g/mol. The van der Waals surface area contributed by atoms with Gasteiger partial charge in [-0.25, -0.2) is 34.0 Å². The summed E-state index contributed by atoms with van der Waals surface area (Å²) < 4.78 is 0. The number of hydrogen-bond acceptors (Lipinski definition) is 8. The molecular weight excluding hydrogens is 594 g/mol. The predicted octanol–water partition coefficient (Wildman–Crippen LogP) is 2.17. The second-order valence-corrected chi connectivity index (χ2v) is 10.5. The van der Waals surface area contributed by atoms with Crippen molar-refractivity contribution in [2.45, 2.75) is 6.42 Å². The van der Waals surface area contributed by atoms with E-state index in [1.165, 1.54) is 6.08 Å². The zero-order valence-electron chi connectivity index (χ0n) is 22.2. The summed E-state index contributed by atoms with van der Waals surface area (Å²) in [6.07, 6.45) is 0.886. The van der Waals surface area contributed by atoms with Gasteiger partial charge in [0.1, 0.15) is 0 Å². The first-order valence-electron chi connectivity index (χ1n) is 12.9. The summed E-state index contributed by atoms with van der Waals surface area (Å²) in [5.74, 6) is -10.4. The minimum absolute atomic E-state index is 0.0541. The van der Waals surface area contributed by atoms with Crippen LogP contribution in [-0.4, -0.2) is 71.4 Å². The third-order valence-corrected chi connectivity index (χ3v) is 8.16. The van der Waals surface area contributed by atoms with Crippen LogP contribution in [0.5, 0.6) is 0 Å². The maximum atomic E-state index is 12.1. The van der Waals surface area contributed by atoms with Crippen molar-refractivity contribution in [2.24, 2.45) is 15.9 Å². The van der Waals surface area contributed by atoms with Gasteiger partial charge in [0, 0.05) is 32.6 Å². The Balaban J connectivity index is 1.71. The Morgan fingerprint density at radius 1 is 0.733 bits per heavy atom. The van der Waals surface area contributed by atoms with Crippen molar-refractivity contribution in [2.75, 3.05) is 0 Å². The van der Waals surface area contributed by atoms with E-state index in [4.69, 9.17) is 0 Å². The zero-order valence-corrected chi connectivity index (χ0v) is 22.2. The third kappa shape index (κ3) is 3.64. The van der Waals surface area contributed by atoms with Crippen LogP contribution in [0, 0.1) is 16.4 Å². The van der Waals surface area contributed by atoms with Crippen LogP contribution in [0.15, 0.2) is 39.8 Å². The van der Waals surface area contributed by atoms with Gasteiger partial charge in [0.15, 0.2) is 0 Å². The number of carboxylic acid groups (broad SMARTS) is 6. The van der Waals surface area contributed by atoms with E-state index in [0.717, 1.165) is 24.3 Å². The van der Waals surface area contributed by atoms with Gasteiger partial charge in [0.2, 0.25) is 0 Å². The smallest absolute Gasteiger partial charge is 0.336 e. The molecule has 15 nitrogen and oxygen atoms in total. The molecule has 3 aliphatic rings. The van der Waals surface area contributed by atoms with Gasteiger partial charge in [-0.2, -0.15) is 0 Å². The first kappa shape index (κ1) is 27.2. The van der Waals surface area contributed by atoms with Gasteiger partial charge >= 0.3 is 35.8 Å². The van der Waals surface area contributed by atoms with Crippen molar-refractivity contribution in [1.29, 1.82) is 0 Å². The molecule has 4 aromatic rings. The Labute approximate surface area is 246 Å². The number of nitrogens with zero attached hydrogens (tertiary/aromatic N) is 2. The van der Waals surface area contributed by atoms with Crippen molar-refractivity contribution >= 4 is 64.2 Å². The van der Waals surface area contributed by atoms with Crippen molar-refractivity contribution in [3.05, 3.63) is 84.5 Å². The number of carboxylic acids is 6. The molecule has 15 heteroatoms. The molecule has 3 heterocycles. The highest BCUT2D eigenvalue weighted by Crippen LogP contribution is 2.46.